The van der Waals surface area contributed by atoms with Crippen LogP contribution in [-0.4, -0.2) is 38.6 Å². The summed E-state index contributed by atoms with van der Waals surface area (Å²) >= 11 is 0. The van der Waals surface area contributed by atoms with Crippen LogP contribution < -0.4 is 14.2 Å². The molecular weight excluding hydrogens is 288 g/mol. The summed E-state index contributed by atoms with van der Waals surface area (Å²) in [5, 5.41) is 9.83. The van der Waals surface area contributed by atoms with Crippen LogP contribution in [0, 0.1) is 0 Å². The third-order valence-electron chi connectivity index (χ3n) is 2.93. The van der Waals surface area contributed by atoms with E-state index in [0.29, 0.717) is 29.6 Å². The van der Waals surface area contributed by atoms with Gasteiger partial charge in [-0.15, -0.1) is 0 Å². The minimum Gasteiger partial charge on any atom is -0.493 e. The molecule has 0 aliphatic carbocycles. The smallest absolute Gasteiger partial charge is 0.164 e. The number of rotatable bonds is 9. The molecular formula is C16H20O6. The molecule has 120 valence electrons. The molecule has 0 saturated carbocycles. The minimum atomic E-state index is -0.733. The van der Waals surface area contributed by atoms with Gasteiger partial charge in [-0.1, -0.05) is 0 Å². The fraction of sp³-hybridized carbons (Fsp3) is 0.375. The lowest BCUT2D eigenvalue weighted by atomic mass is 10.3. The van der Waals surface area contributed by atoms with Crippen molar-refractivity contribution in [2.75, 3.05) is 27.4 Å². The molecule has 22 heavy (non-hydrogen) atoms. The number of aliphatic hydroxyl groups excluding tert-OH is 1. The van der Waals surface area contributed by atoms with Crippen molar-refractivity contribution >= 4 is 0 Å². The first kappa shape index (κ1) is 16.2. The van der Waals surface area contributed by atoms with Crippen molar-refractivity contribution in [3.8, 4) is 17.2 Å². The van der Waals surface area contributed by atoms with E-state index < -0.39 is 6.10 Å². The van der Waals surface area contributed by atoms with Crippen molar-refractivity contribution in [1.82, 2.24) is 0 Å². The average molecular weight is 308 g/mol. The lowest BCUT2D eigenvalue weighted by Gasteiger charge is -2.14. The number of hydrogen-bond acceptors (Lipinski definition) is 6. The quantitative estimate of drug-likeness (QED) is 0.766. The van der Waals surface area contributed by atoms with Crippen molar-refractivity contribution in [3.63, 3.8) is 0 Å². The molecule has 0 aliphatic rings. The van der Waals surface area contributed by atoms with Gasteiger partial charge in [0.05, 0.1) is 27.1 Å². The summed E-state index contributed by atoms with van der Waals surface area (Å²) in [6.07, 6.45) is 0.845. The number of benzene rings is 1. The van der Waals surface area contributed by atoms with Gasteiger partial charge in [-0.25, -0.2) is 0 Å². The normalized spacial score (nSPS) is 12.0. The van der Waals surface area contributed by atoms with Crippen LogP contribution in [0.5, 0.6) is 17.2 Å². The van der Waals surface area contributed by atoms with Crippen LogP contribution in [-0.2, 0) is 11.3 Å². The molecule has 1 unspecified atom stereocenters. The lowest BCUT2D eigenvalue weighted by Crippen LogP contribution is -2.23. The Kier molecular flexibility index (Phi) is 6.12. The van der Waals surface area contributed by atoms with E-state index in [4.69, 9.17) is 23.4 Å². The van der Waals surface area contributed by atoms with Crippen molar-refractivity contribution in [2.45, 2.75) is 12.7 Å². The van der Waals surface area contributed by atoms with E-state index in [1.54, 1.807) is 44.7 Å². The number of hydrogen-bond donors (Lipinski definition) is 1. The van der Waals surface area contributed by atoms with E-state index in [-0.39, 0.29) is 13.2 Å². The van der Waals surface area contributed by atoms with Gasteiger partial charge >= 0.3 is 0 Å². The molecule has 0 bridgehead atoms. The van der Waals surface area contributed by atoms with Crippen molar-refractivity contribution < 1.29 is 28.5 Å². The first-order valence-electron chi connectivity index (χ1n) is 6.86. The Bertz CT molecular complexity index is 552. The maximum atomic E-state index is 9.83. The predicted molar refractivity (Wildman–Crippen MR) is 79.4 cm³/mol. The molecule has 2 rings (SSSR count). The van der Waals surface area contributed by atoms with Crippen LogP contribution in [0.2, 0.25) is 0 Å². The maximum Gasteiger partial charge on any atom is 0.164 e. The minimum absolute atomic E-state index is 0.119. The monoisotopic (exact) mass is 308 g/mol. The Morgan fingerprint density at radius 2 is 1.91 bits per heavy atom. The van der Waals surface area contributed by atoms with Crippen LogP contribution >= 0.6 is 0 Å². The summed E-state index contributed by atoms with van der Waals surface area (Å²) in [5.41, 5.74) is 0. The molecule has 1 aromatic heterocycles. The van der Waals surface area contributed by atoms with E-state index in [1.807, 2.05) is 6.07 Å². The zero-order valence-corrected chi connectivity index (χ0v) is 12.7. The summed E-state index contributed by atoms with van der Waals surface area (Å²) in [4.78, 5) is 0. The molecule has 0 amide bonds. The zero-order chi connectivity index (χ0) is 15.8. The summed E-state index contributed by atoms with van der Waals surface area (Å²) in [5.74, 6) is 2.50. The van der Waals surface area contributed by atoms with Gasteiger partial charge in [0.1, 0.15) is 30.8 Å². The van der Waals surface area contributed by atoms with Crippen LogP contribution in [0.1, 0.15) is 5.76 Å². The third kappa shape index (κ3) is 4.68. The Hall–Kier alpha value is -2.18. The highest BCUT2D eigenvalue weighted by Crippen LogP contribution is 2.30. The van der Waals surface area contributed by atoms with Gasteiger partial charge < -0.3 is 28.5 Å². The largest absolute Gasteiger partial charge is 0.493 e. The first-order chi connectivity index (χ1) is 10.7. The maximum absolute atomic E-state index is 9.83. The van der Waals surface area contributed by atoms with Crippen LogP contribution in [0.3, 0.4) is 0 Å². The van der Waals surface area contributed by atoms with Gasteiger partial charge in [0.25, 0.3) is 0 Å². The Morgan fingerprint density at radius 1 is 1.09 bits per heavy atom. The number of ether oxygens (including phenoxy) is 4. The lowest BCUT2D eigenvalue weighted by molar-refractivity contribution is 0.000841. The van der Waals surface area contributed by atoms with Gasteiger partial charge in [0.15, 0.2) is 11.5 Å². The van der Waals surface area contributed by atoms with Crippen LogP contribution in [0.15, 0.2) is 41.0 Å². The van der Waals surface area contributed by atoms with Crippen molar-refractivity contribution in [2.24, 2.45) is 0 Å². The molecule has 2 aromatic rings. The fourth-order valence-corrected chi connectivity index (χ4v) is 1.84. The number of aliphatic hydroxyl groups is 1. The van der Waals surface area contributed by atoms with Gasteiger partial charge in [0, 0.05) is 6.07 Å². The standard InChI is InChI=1S/C16H20O6/c1-18-15-6-5-13(8-16(15)19-2)22-10-12(17)9-20-11-14-4-3-7-21-14/h3-8,12,17H,9-11H2,1-2H3. The predicted octanol–water partition coefficient (Wildman–Crippen LogP) is 2.25. The molecule has 1 N–H and O–H groups in total. The second kappa shape index (κ2) is 8.31. The summed E-state index contributed by atoms with van der Waals surface area (Å²) in [6.45, 7) is 0.599. The molecule has 0 saturated heterocycles. The number of methoxy groups -OCH3 is 2. The molecule has 0 radical (unpaired) electrons. The Balaban J connectivity index is 1.74. The highest BCUT2D eigenvalue weighted by molar-refractivity contribution is 5.45. The molecule has 0 aliphatic heterocycles. The number of furan rings is 1. The second-order valence-corrected chi connectivity index (χ2v) is 4.58. The summed E-state index contributed by atoms with van der Waals surface area (Å²) in [6, 6.07) is 8.79. The van der Waals surface area contributed by atoms with E-state index in [9.17, 15) is 5.11 Å². The van der Waals surface area contributed by atoms with E-state index in [0.717, 1.165) is 0 Å². The molecule has 1 heterocycles. The van der Waals surface area contributed by atoms with Crippen LogP contribution in [0.4, 0.5) is 0 Å². The molecule has 1 aromatic carbocycles. The average Bonchev–Trinajstić information content (AvgIpc) is 3.06. The van der Waals surface area contributed by atoms with Crippen molar-refractivity contribution in [1.29, 1.82) is 0 Å². The zero-order valence-electron chi connectivity index (χ0n) is 12.7. The van der Waals surface area contributed by atoms with E-state index in [1.165, 1.54) is 0 Å². The second-order valence-electron chi connectivity index (χ2n) is 4.58. The first-order valence-corrected chi connectivity index (χ1v) is 6.86. The van der Waals surface area contributed by atoms with Gasteiger partial charge in [0.2, 0.25) is 0 Å². The highest BCUT2D eigenvalue weighted by Gasteiger charge is 2.09. The highest BCUT2D eigenvalue weighted by atomic mass is 16.5. The van der Waals surface area contributed by atoms with Gasteiger partial charge in [-0.3, -0.25) is 0 Å². The molecule has 0 fully saturated rings. The molecule has 0 spiro atoms. The fourth-order valence-electron chi connectivity index (χ4n) is 1.84. The Morgan fingerprint density at radius 3 is 2.59 bits per heavy atom. The van der Waals surface area contributed by atoms with Gasteiger partial charge in [-0.05, 0) is 24.3 Å². The van der Waals surface area contributed by atoms with Gasteiger partial charge in [-0.2, -0.15) is 0 Å². The van der Waals surface area contributed by atoms with Crippen molar-refractivity contribution in [3.05, 3.63) is 42.4 Å². The molecule has 6 heteroatoms. The van der Waals surface area contributed by atoms with Crippen LogP contribution in [0.25, 0.3) is 0 Å². The van der Waals surface area contributed by atoms with E-state index >= 15 is 0 Å². The SMILES string of the molecule is COc1ccc(OCC(O)COCc2ccco2)cc1OC. The Labute approximate surface area is 129 Å². The third-order valence-corrected chi connectivity index (χ3v) is 2.93. The summed E-state index contributed by atoms with van der Waals surface area (Å²) < 4.78 is 26.3. The topological polar surface area (TPSA) is 70.3 Å². The molecule has 6 nitrogen and oxygen atoms in total. The molecule has 1 atom stereocenters. The van der Waals surface area contributed by atoms with E-state index in [2.05, 4.69) is 0 Å². The summed E-state index contributed by atoms with van der Waals surface area (Å²) in [7, 11) is 3.12.